The molecule has 3 N–H and O–H groups in total. The summed E-state index contributed by atoms with van der Waals surface area (Å²) >= 11 is 0. The van der Waals surface area contributed by atoms with Gasteiger partial charge in [-0.2, -0.15) is 0 Å². The van der Waals surface area contributed by atoms with Gasteiger partial charge in [-0.1, -0.05) is 12.8 Å². The second-order valence-electron chi connectivity index (χ2n) is 7.08. The minimum atomic E-state index is -0.370. The third kappa shape index (κ3) is 4.46. The fourth-order valence-corrected chi connectivity index (χ4v) is 3.87. The topological polar surface area (TPSA) is 81.1 Å². The number of urea groups is 1. The molecular formula is C19H28N3O4+. The van der Waals surface area contributed by atoms with Crippen LogP contribution in [0.3, 0.4) is 0 Å². The standard InChI is InChI=1S/C19H27N3O4/c1-25-16-9-13-7-8-22(11-14(13)10-17(16)26-2)12-18(23)21-19(24)20-15-5-3-4-6-15/h9-10,15H,3-8,11-12H2,1-2H3,(H2,20,21,23,24)/p+1. The van der Waals surface area contributed by atoms with Crippen LogP contribution in [0.15, 0.2) is 12.1 Å². The molecule has 1 aromatic rings. The number of fused-ring (bicyclic) bond motifs is 1. The molecular weight excluding hydrogens is 334 g/mol. The summed E-state index contributed by atoms with van der Waals surface area (Å²) in [6, 6.07) is 3.84. The Bertz CT molecular complexity index is 671. The first kappa shape index (κ1) is 18.5. The van der Waals surface area contributed by atoms with Gasteiger partial charge in [0.25, 0.3) is 5.91 Å². The summed E-state index contributed by atoms with van der Waals surface area (Å²) in [4.78, 5) is 25.2. The molecule has 0 saturated heterocycles. The summed E-state index contributed by atoms with van der Waals surface area (Å²) < 4.78 is 10.7. The van der Waals surface area contributed by atoms with Gasteiger partial charge in [0, 0.05) is 18.0 Å². The molecule has 26 heavy (non-hydrogen) atoms. The molecule has 0 bridgehead atoms. The van der Waals surface area contributed by atoms with Gasteiger partial charge in [-0.3, -0.25) is 10.1 Å². The van der Waals surface area contributed by atoms with Crippen LogP contribution in [0.2, 0.25) is 0 Å². The summed E-state index contributed by atoms with van der Waals surface area (Å²) in [6.45, 7) is 1.86. The van der Waals surface area contributed by atoms with Crippen molar-refractivity contribution in [2.75, 3.05) is 27.3 Å². The van der Waals surface area contributed by atoms with Crippen LogP contribution in [0.1, 0.15) is 36.8 Å². The zero-order chi connectivity index (χ0) is 18.5. The molecule has 1 aromatic carbocycles. The van der Waals surface area contributed by atoms with Crippen molar-refractivity contribution in [2.45, 2.75) is 44.7 Å². The summed E-state index contributed by atoms with van der Waals surface area (Å²) in [5.74, 6) is 1.20. The van der Waals surface area contributed by atoms with Crippen molar-refractivity contribution in [2.24, 2.45) is 0 Å². The maximum Gasteiger partial charge on any atom is 0.321 e. The number of hydrogen-bond acceptors (Lipinski definition) is 4. The van der Waals surface area contributed by atoms with Crippen molar-refractivity contribution in [3.63, 3.8) is 0 Å². The van der Waals surface area contributed by atoms with Crippen LogP contribution in [0.5, 0.6) is 11.5 Å². The van der Waals surface area contributed by atoms with Gasteiger partial charge in [-0.15, -0.1) is 0 Å². The van der Waals surface area contributed by atoms with Crippen LogP contribution in [-0.4, -0.2) is 45.3 Å². The minimum absolute atomic E-state index is 0.208. The highest BCUT2D eigenvalue weighted by Crippen LogP contribution is 2.31. The monoisotopic (exact) mass is 362 g/mol. The molecule has 2 aliphatic rings. The van der Waals surface area contributed by atoms with Gasteiger partial charge in [0.05, 0.1) is 20.8 Å². The third-order valence-corrected chi connectivity index (χ3v) is 5.25. The van der Waals surface area contributed by atoms with Gasteiger partial charge in [0.2, 0.25) is 0 Å². The van der Waals surface area contributed by atoms with Crippen molar-refractivity contribution in [3.8, 4) is 11.5 Å². The van der Waals surface area contributed by atoms with E-state index in [9.17, 15) is 9.59 Å². The third-order valence-electron chi connectivity index (χ3n) is 5.25. The molecule has 0 radical (unpaired) electrons. The van der Waals surface area contributed by atoms with Gasteiger partial charge in [-0.05, 0) is 30.5 Å². The highest BCUT2D eigenvalue weighted by molar-refractivity contribution is 5.94. The molecule has 0 spiro atoms. The van der Waals surface area contributed by atoms with E-state index in [1.807, 2.05) is 12.1 Å². The Balaban J connectivity index is 1.53. The SMILES string of the molecule is COc1cc2c(cc1OC)C[NH+](CC(=O)NC(=O)NC1CCCC1)CC2. The van der Waals surface area contributed by atoms with Crippen LogP contribution >= 0.6 is 0 Å². The van der Waals surface area contributed by atoms with E-state index in [0.29, 0.717) is 5.75 Å². The van der Waals surface area contributed by atoms with Crippen molar-refractivity contribution in [1.82, 2.24) is 10.6 Å². The fourth-order valence-electron chi connectivity index (χ4n) is 3.87. The van der Waals surface area contributed by atoms with Gasteiger partial charge < -0.3 is 19.7 Å². The van der Waals surface area contributed by atoms with Gasteiger partial charge in [0.15, 0.2) is 18.0 Å². The summed E-state index contributed by atoms with van der Waals surface area (Å²) in [7, 11) is 3.25. The van der Waals surface area contributed by atoms with E-state index < -0.39 is 0 Å². The highest BCUT2D eigenvalue weighted by atomic mass is 16.5. The number of carbonyl (C=O) groups is 2. The lowest BCUT2D eigenvalue weighted by Gasteiger charge is -2.26. The van der Waals surface area contributed by atoms with Gasteiger partial charge in [-0.25, -0.2) is 4.79 Å². The number of amides is 3. The smallest absolute Gasteiger partial charge is 0.321 e. The Morgan fingerprint density at radius 3 is 2.42 bits per heavy atom. The average Bonchev–Trinajstić information content (AvgIpc) is 3.12. The van der Waals surface area contributed by atoms with Gasteiger partial charge in [0.1, 0.15) is 6.54 Å². The summed E-state index contributed by atoms with van der Waals surface area (Å²) in [6.07, 6.45) is 5.16. The lowest BCUT2D eigenvalue weighted by molar-refractivity contribution is -0.908. The van der Waals surface area contributed by atoms with E-state index in [-0.39, 0.29) is 24.5 Å². The Morgan fingerprint density at radius 1 is 1.12 bits per heavy atom. The van der Waals surface area contributed by atoms with Crippen molar-refractivity contribution in [3.05, 3.63) is 23.3 Å². The quantitative estimate of drug-likeness (QED) is 0.709. The number of carbonyl (C=O) groups excluding carboxylic acids is 2. The van der Waals surface area contributed by atoms with Crippen LogP contribution in [0, 0.1) is 0 Å². The van der Waals surface area contributed by atoms with E-state index in [1.165, 1.54) is 5.56 Å². The van der Waals surface area contributed by atoms with E-state index in [1.54, 1.807) is 14.2 Å². The zero-order valence-corrected chi connectivity index (χ0v) is 15.5. The fraction of sp³-hybridized carbons (Fsp3) is 0.579. The van der Waals surface area contributed by atoms with Crippen molar-refractivity contribution < 1.29 is 24.0 Å². The average molecular weight is 362 g/mol. The number of methoxy groups -OCH3 is 2. The molecule has 0 aromatic heterocycles. The van der Waals surface area contributed by atoms with E-state index in [0.717, 1.165) is 61.4 Å². The molecule has 1 aliphatic heterocycles. The lowest BCUT2D eigenvalue weighted by atomic mass is 9.99. The molecule has 3 amide bonds. The molecule has 1 atom stereocenters. The first-order valence-electron chi connectivity index (χ1n) is 9.26. The number of quaternary nitrogens is 1. The summed E-state index contributed by atoms with van der Waals surface area (Å²) in [5.41, 5.74) is 2.39. The van der Waals surface area contributed by atoms with Crippen molar-refractivity contribution in [1.29, 1.82) is 0 Å². The van der Waals surface area contributed by atoms with Crippen LogP contribution in [0.25, 0.3) is 0 Å². The molecule has 7 heteroatoms. The van der Waals surface area contributed by atoms with Crippen molar-refractivity contribution >= 4 is 11.9 Å². The molecule has 1 unspecified atom stereocenters. The predicted molar refractivity (Wildman–Crippen MR) is 96.6 cm³/mol. The maximum atomic E-state index is 12.2. The molecule has 3 rings (SSSR count). The molecule has 1 fully saturated rings. The Labute approximate surface area is 154 Å². The molecule has 1 aliphatic carbocycles. The first-order valence-corrected chi connectivity index (χ1v) is 9.26. The number of benzene rings is 1. The first-order chi connectivity index (χ1) is 12.6. The van der Waals surface area contributed by atoms with Gasteiger partial charge >= 0.3 is 6.03 Å². The van der Waals surface area contributed by atoms with Crippen LogP contribution in [0.4, 0.5) is 4.79 Å². The number of nitrogens with one attached hydrogen (secondary N) is 3. The second kappa shape index (κ2) is 8.40. The van der Waals surface area contributed by atoms with E-state index in [4.69, 9.17) is 9.47 Å². The second-order valence-corrected chi connectivity index (χ2v) is 7.08. The minimum Gasteiger partial charge on any atom is -0.493 e. The lowest BCUT2D eigenvalue weighted by Crippen LogP contribution is -3.13. The maximum absolute atomic E-state index is 12.2. The molecule has 7 nitrogen and oxygen atoms in total. The number of hydrogen-bond donors (Lipinski definition) is 3. The van der Waals surface area contributed by atoms with E-state index in [2.05, 4.69) is 10.6 Å². The molecule has 142 valence electrons. The number of ether oxygens (including phenoxy) is 2. The largest absolute Gasteiger partial charge is 0.493 e. The number of rotatable bonds is 5. The Morgan fingerprint density at radius 2 is 1.77 bits per heavy atom. The summed E-state index contributed by atoms with van der Waals surface area (Å²) in [5, 5.41) is 5.34. The Kier molecular flexibility index (Phi) is 5.98. The molecule has 1 heterocycles. The normalized spacial score (nSPS) is 19.5. The predicted octanol–water partition coefficient (Wildman–Crippen LogP) is 0.413. The van der Waals surface area contributed by atoms with Crippen LogP contribution < -0.4 is 25.0 Å². The van der Waals surface area contributed by atoms with E-state index >= 15 is 0 Å². The zero-order valence-electron chi connectivity index (χ0n) is 15.5. The van der Waals surface area contributed by atoms with Crippen LogP contribution in [-0.2, 0) is 17.8 Å². The Hall–Kier alpha value is -2.28. The highest BCUT2D eigenvalue weighted by Gasteiger charge is 2.25. The number of imide groups is 1. The molecule has 1 saturated carbocycles.